The Morgan fingerprint density at radius 2 is 1.54 bits per heavy atom. The fraction of sp³-hybridized carbons (Fsp3) is 0.385. The normalized spacial score (nSPS) is 14.1. The minimum Gasteiger partial charge on any atom is -0.475 e. The van der Waals surface area contributed by atoms with Gasteiger partial charge in [0, 0.05) is 30.7 Å². The number of esters is 1. The molecule has 5 rings (SSSR count). The van der Waals surface area contributed by atoms with Gasteiger partial charge in [-0.2, -0.15) is 13.2 Å². The maximum Gasteiger partial charge on any atom is 0.490 e. The summed E-state index contributed by atoms with van der Waals surface area (Å²) >= 11 is 0. The third-order valence-electron chi connectivity index (χ3n) is 8.58. The first-order valence-electron chi connectivity index (χ1n) is 18.2. The molecule has 1 fully saturated rings. The number of carboxylic acid groups (broad SMARTS) is 1. The number of halogens is 3. The van der Waals surface area contributed by atoms with Crippen LogP contribution in [0.4, 0.5) is 40.7 Å². The van der Waals surface area contributed by atoms with Crippen LogP contribution in [-0.4, -0.2) is 111 Å². The van der Waals surface area contributed by atoms with Crippen LogP contribution in [0.2, 0.25) is 0 Å². The maximum absolute atomic E-state index is 13.5. The average Bonchev–Trinajstić information content (AvgIpc) is 3.26. The summed E-state index contributed by atoms with van der Waals surface area (Å²) in [5.74, 6) is -4.21. The van der Waals surface area contributed by atoms with Gasteiger partial charge in [-0.15, -0.1) is 0 Å². The number of ether oxygens (including phenoxy) is 2. The summed E-state index contributed by atoms with van der Waals surface area (Å²) in [5, 5.41) is 15.5. The van der Waals surface area contributed by atoms with Gasteiger partial charge in [0.25, 0.3) is 5.91 Å². The number of para-hydroxylation sites is 1. The van der Waals surface area contributed by atoms with Crippen molar-refractivity contribution in [2.75, 3.05) is 80.4 Å². The van der Waals surface area contributed by atoms with Crippen molar-refractivity contribution in [1.29, 1.82) is 0 Å². The Bertz CT molecular complexity index is 1870. The number of rotatable bonds is 11. The van der Waals surface area contributed by atoms with Crippen LogP contribution >= 0.6 is 0 Å². The highest BCUT2D eigenvalue weighted by atomic mass is 19.4. The average molecular weight is 802 g/mol. The number of aliphatic carboxylic acids is 1. The summed E-state index contributed by atoms with van der Waals surface area (Å²) in [6.45, 7) is 9.86. The van der Waals surface area contributed by atoms with Crippen LogP contribution in [0.5, 0.6) is 0 Å². The number of carboxylic acids is 1. The highest BCUT2D eigenvalue weighted by Gasteiger charge is 2.38. The molecule has 1 saturated heterocycles. The first-order valence-corrected chi connectivity index (χ1v) is 18.2. The van der Waals surface area contributed by atoms with Crippen molar-refractivity contribution < 1.29 is 61.4 Å². The smallest absolute Gasteiger partial charge is 0.475 e. The molecule has 18 heteroatoms. The molecular weight excluding hydrogens is 753 g/mol. The van der Waals surface area contributed by atoms with E-state index in [2.05, 4.69) is 16.0 Å². The van der Waals surface area contributed by atoms with E-state index >= 15 is 0 Å². The molecule has 3 aromatic carbocycles. The van der Waals surface area contributed by atoms with Gasteiger partial charge in [0.2, 0.25) is 11.8 Å². The number of carbonyl (C=O) groups is 6. The topological polar surface area (TPSA) is 188 Å². The largest absolute Gasteiger partial charge is 0.490 e. The Hall–Kier alpha value is -6.01. The second-order valence-electron chi connectivity index (χ2n) is 12.6. The minimum absolute atomic E-state index is 0.0239. The number of fused-ring (bicyclic) bond motifs is 1. The van der Waals surface area contributed by atoms with Crippen molar-refractivity contribution >= 4 is 58.4 Å². The number of likely N-dealkylation sites (N-methyl/N-ethyl adjacent to an activating group) is 1. The third-order valence-corrected chi connectivity index (χ3v) is 8.58. The van der Waals surface area contributed by atoms with E-state index < -0.39 is 24.0 Å². The van der Waals surface area contributed by atoms with Gasteiger partial charge in [-0.05, 0) is 54.4 Å². The molecule has 2 aliphatic heterocycles. The molecule has 57 heavy (non-hydrogen) atoms. The predicted octanol–water partition coefficient (Wildman–Crippen LogP) is 3.75. The molecule has 15 nitrogen and oxygen atoms in total. The molecule has 0 spiro atoms. The molecule has 308 valence electrons. The minimum atomic E-state index is -5.08. The Labute approximate surface area is 328 Å². The Balaban J connectivity index is 0.000000873. The summed E-state index contributed by atoms with van der Waals surface area (Å²) in [6.07, 6.45) is -5.07. The van der Waals surface area contributed by atoms with Gasteiger partial charge in [0.15, 0.2) is 0 Å². The molecule has 0 unspecified atom stereocenters. The highest BCUT2D eigenvalue weighted by Crippen LogP contribution is 2.28. The molecule has 0 saturated carbocycles. The molecule has 0 aromatic heterocycles. The molecule has 0 atom stereocenters. The SMILES string of the molecule is CC.Cc1ccccc1NC(=O)Nc1ccc(CC(=O)Nc2ccc3c(c2)C(=O)N(CCC(=O)OCC[NH+]2CCOCC2)CC(=O)N3C)cc1.O=C(O)C(F)(F)F. The third kappa shape index (κ3) is 14.5. The number of nitrogens with zero attached hydrogens (tertiary/aromatic N) is 2. The van der Waals surface area contributed by atoms with Gasteiger partial charge in [-0.1, -0.05) is 44.2 Å². The molecule has 0 aliphatic carbocycles. The number of hydrogen-bond donors (Lipinski definition) is 5. The summed E-state index contributed by atoms with van der Waals surface area (Å²) in [4.78, 5) is 77.1. The monoisotopic (exact) mass is 801 g/mol. The van der Waals surface area contributed by atoms with Crippen LogP contribution in [0, 0.1) is 6.92 Å². The van der Waals surface area contributed by atoms with E-state index in [1.165, 1.54) is 14.7 Å². The van der Waals surface area contributed by atoms with Crippen molar-refractivity contribution in [3.8, 4) is 0 Å². The number of quaternary nitrogens is 1. The molecule has 0 radical (unpaired) electrons. The number of hydrogen-bond acceptors (Lipinski definition) is 8. The van der Waals surface area contributed by atoms with Gasteiger partial charge in [-0.3, -0.25) is 19.2 Å². The van der Waals surface area contributed by atoms with Crippen molar-refractivity contribution in [2.24, 2.45) is 0 Å². The zero-order valence-electron chi connectivity index (χ0n) is 32.2. The number of nitrogens with one attached hydrogen (secondary N) is 4. The van der Waals surface area contributed by atoms with Gasteiger partial charge >= 0.3 is 24.1 Å². The number of alkyl halides is 3. The number of carbonyl (C=O) groups excluding carboxylic acids is 5. The fourth-order valence-corrected chi connectivity index (χ4v) is 5.52. The van der Waals surface area contributed by atoms with E-state index in [1.54, 1.807) is 49.5 Å². The van der Waals surface area contributed by atoms with Crippen LogP contribution in [-0.2, 0) is 35.1 Å². The number of aryl methyl sites for hydroxylation is 1. The van der Waals surface area contributed by atoms with Crippen LogP contribution in [0.15, 0.2) is 66.7 Å². The molecule has 5 N–H and O–H groups in total. The summed E-state index contributed by atoms with van der Waals surface area (Å²) in [5.41, 5.74) is 3.99. The first-order chi connectivity index (χ1) is 27.1. The van der Waals surface area contributed by atoms with Crippen molar-refractivity contribution in [3.63, 3.8) is 0 Å². The lowest BCUT2D eigenvalue weighted by Crippen LogP contribution is -3.14. The van der Waals surface area contributed by atoms with Crippen molar-refractivity contribution in [3.05, 3.63) is 83.4 Å². The zero-order valence-corrected chi connectivity index (χ0v) is 32.2. The predicted molar refractivity (Wildman–Crippen MR) is 205 cm³/mol. The van der Waals surface area contributed by atoms with E-state index in [0.29, 0.717) is 42.5 Å². The molecule has 0 bridgehead atoms. The Kier molecular flexibility index (Phi) is 17.4. The van der Waals surface area contributed by atoms with Gasteiger partial charge in [-0.25, -0.2) is 9.59 Å². The Morgan fingerprint density at radius 1 is 0.912 bits per heavy atom. The van der Waals surface area contributed by atoms with E-state index in [9.17, 15) is 37.1 Å². The molecule has 5 amide bonds. The standard InChI is InChI=1S/C35H40N6O7.C2HF3O2.C2H6/c1-24-5-3-4-6-29(24)38-35(46)37-26-9-7-25(8-10-26)21-31(42)36-27-11-12-30-28(22-27)34(45)41(23-32(43)39(30)2)14-13-33(44)48-20-17-40-15-18-47-19-16-40;3-2(4,5)1(6)7;1-2/h3-12,22H,13-21,23H2,1-2H3,(H,36,42)(H2,37,38,46);(H,6,7);1-2H3/p+1. The number of benzene rings is 3. The molecule has 2 heterocycles. The maximum atomic E-state index is 13.5. The lowest BCUT2D eigenvalue weighted by Gasteiger charge is -2.23. The first kappa shape index (κ1) is 45.4. The summed E-state index contributed by atoms with van der Waals surface area (Å²) < 4.78 is 42.5. The van der Waals surface area contributed by atoms with Crippen LogP contribution in [0.25, 0.3) is 0 Å². The quantitative estimate of drug-likeness (QED) is 0.180. The zero-order chi connectivity index (χ0) is 42.1. The molecular formula is C39H48F3N6O9+. The van der Waals surface area contributed by atoms with Gasteiger partial charge < -0.3 is 45.2 Å². The number of urea groups is 1. The Morgan fingerprint density at radius 3 is 2.18 bits per heavy atom. The van der Waals surface area contributed by atoms with Crippen LogP contribution < -0.4 is 25.8 Å². The van der Waals surface area contributed by atoms with Gasteiger partial charge in [0.1, 0.15) is 32.8 Å². The van der Waals surface area contributed by atoms with E-state index in [1.807, 2.05) is 45.0 Å². The van der Waals surface area contributed by atoms with Crippen molar-refractivity contribution in [2.45, 2.75) is 39.8 Å². The van der Waals surface area contributed by atoms with Gasteiger partial charge in [0.05, 0.1) is 37.3 Å². The van der Waals surface area contributed by atoms with Crippen molar-refractivity contribution in [1.82, 2.24) is 4.90 Å². The number of amides is 5. The molecule has 3 aromatic rings. The number of morpholine rings is 1. The van der Waals surface area contributed by atoms with E-state index in [-0.39, 0.29) is 55.9 Å². The van der Waals surface area contributed by atoms with E-state index in [0.717, 1.165) is 24.2 Å². The van der Waals surface area contributed by atoms with Crippen LogP contribution in [0.1, 0.15) is 41.8 Å². The second kappa shape index (κ2) is 21.9. The highest BCUT2D eigenvalue weighted by molar-refractivity contribution is 6.10. The van der Waals surface area contributed by atoms with E-state index in [4.69, 9.17) is 19.4 Å². The summed E-state index contributed by atoms with van der Waals surface area (Å²) in [6, 6.07) is 18.8. The molecule has 2 aliphatic rings. The fourth-order valence-electron chi connectivity index (χ4n) is 5.52. The number of anilines is 4. The van der Waals surface area contributed by atoms with Crippen LogP contribution in [0.3, 0.4) is 0 Å². The summed E-state index contributed by atoms with van der Waals surface area (Å²) in [7, 11) is 1.59. The lowest BCUT2D eigenvalue weighted by atomic mass is 10.1. The lowest BCUT2D eigenvalue weighted by molar-refractivity contribution is -0.908. The second-order valence-corrected chi connectivity index (χ2v) is 12.6.